The van der Waals surface area contributed by atoms with Crippen molar-refractivity contribution in [2.24, 2.45) is 4.99 Å². The molecule has 6 nitrogen and oxygen atoms in total. The molecule has 1 aromatic carbocycles. The van der Waals surface area contributed by atoms with Crippen LogP contribution in [0.15, 0.2) is 71.6 Å². The molecule has 0 aliphatic carbocycles. The summed E-state index contributed by atoms with van der Waals surface area (Å²) in [6, 6.07) is 5.78. The number of aldehydes is 1. The fourth-order valence-corrected chi connectivity index (χ4v) is 3.63. The summed E-state index contributed by atoms with van der Waals surface area (Å²) in [5, 5.41) is 12.0. The summed E-state index contributed by atoms with van der Waals surface area (Å²) in [6.45, 7) is 11.1. The average molecular weight is 548 g/mol. The predicted molar refractivity (Wildman–Crippen MR) is 141 cm³/mol. The first-order valence-corrected chi connectivity index (χ1v) is 12.3. The number of aromatic nitrogens is 1. The second kappa shape index (κ2) is 19.5. The van der Waals surface area contributed by atoms with E-state index in [0.717, 1.165) is 41.4 Å². The van der Waals surface area contributed by atoms with Crippen LogP contribution in [0.1, 0.15) is 13.3 Å². The van der Waals surface area contributed by atoms with Gasteiger partial charge in [0, 0.05) is 24.9 Å². The lowest BCUT2D eigenvalue weighted by atomic mass is 10.1. The maximum atomic E-state index is 12.4. The van der Waals surface area contributed by atoms with Crippen molar-refractivity contribution in [2.45, 2.75) is 26.3 Å². The molecule has 0 bridgehead atoms. The van der Waals surface area contributed by atoms with E-state index < -0.39 is 6.36 Å². The molecule has 0 aliphatic heterocycles. The number of aliphatic hydroxyl groups excluding tert-OH is 1. The lowest BCUT2D eigenvalue weighted by Crippen LogP contribution is -2.22. The van der Waals surface area contributed by atoms with E-state index in [-0.39, 0.29) is 5.75 Å². The molecule has 200 valence electrons. The van der Waals surface area contributed by atoms with Gasteiger partial charge in [-0.25, -0.2) is 0 Å². The number of nitrogens with zero attached hydrogens (tertiary/aromatic N) is 2. The van der Waals surface area contributed by atoms with Crippen LogP contribution in [0.4, 0.5) is 13.2 Å². The highest BCUT2D eigenvalue weighted by atomic mass is 35.5. The summed E-state index contributed by atoms with van der Waals surface area (Å²) in [5.41, 5.74) is 2.69. The largest absolute Gasteiger partial charge is 0.573 e. The van der Waals surface area contributed by atoms with Gasteiger partial charge in [0.1, 0.15) is 12.0 Å². The zero-order valence-electron chi connectivity index (χ0n) is 20.4. The molecule has 2 N–H and O–H groups in total. The van der Waals surface area contributed by atoms with Gasteiger partial charge in [-0.15, -0.1) is 42.7 Å². The number of aliphatic hydroxyl groups is 1. The Morgan fingerprint density at radius 1 is 1.28 bits per heavy atom. The van der Waals surface area contributed by atoms with Crippen molar-refractivity contribution in [3.63, 3.8) is 0 Å². The fraction of sp³-hybridized carbons (Fsp3) is 0.360. The number of carbonyl (C=O) groups is 1. The highest BCUT2D eigenvalue weighted by molar-refractivity contribution is 7.07. The Hall–Kier alpha value is -2.66. The molecule has 2 rings (SSSR count). The van der Waals surface area contributed by atoms with Gasteiger partial charge in [-0.2, -0.15) is 0 Å². The van der Waals surface area contributed by atoms with Crippen molar-refractivity contribution in [1.29, 1.82) is 0 Å². The number of benzene rings is 1. The standard InChI is InChI=1S/C21H24F3N3O2S.C3H5Cl.CH4O/c1-3-5-16(2)14-26-20-27(12-4-10-25-11-13-28)19(15-30-20)17-6-8-18(9-7-17)29-21(22,23)24;1-2-3-4;1-2/h3,5-9,13,15,25H,1,4,10-12,14H2,2H3;2H,1,3H2;2H,1H3/b16-5+,26-20?;;. The van der Waals surface area contributed by atoms with Gasteiger partial charge in [-0.05, 0) is 49.7 Å². The first-order chi connectivity index (χ1) is 17.3. The fourth-order valence-electron chi connectivity index (χ4n) is 2.70. The van der Waals surface area contributed by atoms with E-state index in [0.29, 0.717) is 32.1 Å². The maximum absolute atomic E-state index is 12.4. The highest BCUT2D eigenvalue weighted by Gasteiger charge is 2.31. The minimum Gasteiger partial charge on any atom is -0.406 e. The number of rotatable bonds is 12. The molecular formula is C25H33ClF3N3O3S. The monoisotopic (exact) mass is 547 g/mol. The summed E-state index contributed by atoms with van der Waals surface area (Å²) >= 11 is 6.54. The molecule has 1 aromatic heterocycles. The third-order valence-corrected chi connectivity index (χ3v) is 5.24. The minimum atomic E-state index is -4.72. The third kappa shape index (κ3) is 14.0. The Bertz CT molecular complexity index is 1000. The van der Waals surface area contributed by atoms with Crippen molar-refractivity contribution >= 4 is 29.2 Å². The van der Waals surface area contributed by atoms with Crippen LogP contribution in [-0.2, 0) is 11.3 Å². The molecule has 11 heteroatoms. The SMILES string of the molecule is C=C/C=C(\C)CN=c1scc(-c2ccc(OC(F)(F)F)cc2)n1CCCNCC=O.C=CCCl.CO. The number of hydrogen-bond donors (Lipinski definition) is 2. The molecule has 0 spiro atoms. The Morgan fingerprint density at radius 3 is 2.44 bits per heavy atom. The number of halogens is 4. The lowest BCUT2D eigenvalue weighted by Gasteiger charge is -2.11. The molecular weight excluding hydrogens is 515 g/mol. The number of allylic oxidation sites excluding steroid dienone is 3. The van der Waals surface area contributed by atoms with E-state index in [4.69, 9.17) is 16.7 Å². The van der Waals surface area contributed by atoms with E-state index in [1.54, 1.807) is 24.3 Å². The number of nitrogens with one attached hydrogen (secondary N) is 1. The summed E-state index contributed by atoms with van der Waals surface area (Å²) in [5.74, 6) is 0.293. The van der Waals surface area contributed by atoms with Crippen LogP contribution in [0, 0.1) is 0 Å². The smallest absolute Gasteiger partial charge is 0.406 e. The summed E-state index contributed by atoms with van der Waals surface area (Å²) in [7, 11) is 1.00. The number of ether oxygens (including phenoxy) is 1. The molecule has 2 aromatic rings. The first kappa shape index (κ1) is 33.3. The van der Waals surface area contributed by atoms with Gasteiger partial charge in [-0.3, -0.25) is 4.99 Å². The molecule has 36 heavy (non-hydrogen) atoms. The van der Waals surface area contributed by atoms with E-state index in [1.165, 1.54) is 23.5 Å². The summed E-state index contributed by atoms with van der Waals surface area (Å²) < 4.78 is 43.1. The van der Waals surface area contributed by atoms with Crippen molar-refractivity contribution in [3.05, 3.63) is 71.4 Å². The summed E-state index contributed by atoms with van der Waals surface area (Å²) in [6.07, 6.45) is 2.10. The Balaban J connectivity index is 0.00000185. The van der Waals surface area contributed by atoms with Crippen LogP contribution >= 0.6 is 22.9 Å². The van der Waals surface area contributed by atoms with Gasteiger partial charge in [0.2, 0.25) is 0 Å². The molecule has 0 radical (unpaired) electrons. The minimum absolute atomic E-state index is 0.263. The number of carbonyl (C=O) groups excluding carboxylic acids is 1. The third-order valence-electron chi connectivity index (χ3n) is 4.12. The van der Waals surface area contributed by atoms with Gasteiger partial charge in [0.15, 0.2) is 4.80 Å². The van der Waals surface area contributed by atoms with Gasteiger partial charge < -0.3 is 24.5 Å². The maximum Gasteiger partial charge on any atom is 0.573 e. The van der Waals surface area contributed by atoms with Crippen LogP contribution in [-0.4, -0.2) is 54.9 Å². The van der Waals surface area contributed by atoms with Crippen LogP contribution in [0.3, 0.4) is 0 Å². The first-order valence-electron chi connectivity index (χ1n) is 10.8. The second-order valence-electron chi connectivity index (χ2n) is 6.86. The molecule has 0 saturated carbocycles. The average Bonchev–Trinajstić information content (AvgIpc) is 3.26. The van der Waals surface area contributed by atoms with Crippen LogP contribution in [0.5, 0.6) is 5.75 Å². The van der Waals surface area contributed by atoms with Crippen LogP contribution < -0.4 is 14.9 Å². The quantitative estimate of drug-likeness (QED) is 0.124. The Kier molecular flexibility index (Phi) is 18.1. The van der Waals surface area contributed by atoms with Crippen LogP contribution in [0.2, 0.25) is 0 Å². The van der Waals surface area contributed by atoms with Crippen molar-refractivity contribution < 1.29 is 27.8 Å². The van der Waals surface area contributed by atoms with Crippen LogP contribution in [0.25, 0.3) is 11.3 Å². The lowest BCUT2D eigenvalue weighted by molar-refractivity contribution is -0.274. The molecule has 1 heterocycles. The van der Waals surface area contributed by atoms with Crippen molar-refractivity contribution in [2.75, 3.05) is 32.6 Å². The van der Waals surface area contributed by atoms with Gasteiger partial charge in [0.25, 0.3) is 0 Å². The molecule has 0 unspecified atom stereocenters. The normalized spacial score (nSPS) is 11.5. The number of thiazole rings is 1. The topological polar surface area (TPSA) is 75.8 Å². The predicted octanol–water partition coefficient (Wildman–Crippen LogP) is 5.35. The molecule has 0 aliphatic rings. The summed E-state index contributed by atoms with van der Waals surface area (Å²) in [4.78, 5) is 15.9. The van der Waals surface area contributed by atoms with E-state index in [1.807, 2.05) is 22.9 Å². The molecule has 0 saturated heterocycles. The molecule has 0 amide bonds. The number of hydrogen-bond acceptors (Lipinski definition) is 6. The molecule has 0 atom stereocenters. The number of alkyl halides is 4. The highest BCUT2D eigenvalue weighted by Crippen LogP contribution is 2.27. The second-order valence-corrected chi connectivity index (χ2v) is 8.00. The Morgan fingerprint density at radius 2 is 1.92 bits per heavy atom. The van der Waals surface area contributed by atoms with E-state index in [2.05, 4.69) is 28.2 Å². The van der Waals surface area contributed by atoms with Crippen molar-refractivity contribution in [1.82, 2.24) is 9.88 Å². The van der Waals surface area contributed by atoms with E-state index >= 15 is 0 Å². The van der Waals surface area contributed by atoms with Crippen molar-refractivity contribution in [3.8, 4) is 17.0 Å². The van der Waals surface area contributed by atoms with Gasteiger partial charge in [-0.1, -0.05) is 30.4 Å². The molecule has 0 fully saturated rings. The zero-order valence-corrected chi connectivity index (χ0v) is 22.0. The van der Waals surface area contributed by atoms with Gasteiger partial charge in [0.05, 0.1) is 18.8 Å². The zero-order chi connectivity index (χ0) is 27.4. The van der Waals surface area contributed by atoms with Gasteiger partial charge >= 0.3 is 6.36 Å². The Labute approximate surface area is 219 Å². The van der Waals surface area contributed by atoms with E-state index in [9.17, 15) is 18.0 Å².